The van der Waals surface area contributed by atoms with Crippen molar-refractivity contribution in [1.29, 1.82) is 0 Å². The summed E-state index contributed by atoms with van der Waals surface area (Å²) >= 11 is 0. The number of aromatic nitrogens is 3. The number of rotatable bonds is 3. The van der Waals surface area contributed by atoms with Crippen LogP contribution in [0.15, 0.2) is 24.3 Å². The summed E-state index contributed by atoms with van der Waals surface area (Å²) < 4.78 is 5.75. The number of morpholine rings is 1. The van der Waals surface area contributed by atoms with Crippen LogP contribution in [0.5, 0.6) is 0 Å². The molecular weight excluding hydrogens is 304 g/mol. The number of hydrogen-bond acceptors (Lipinski definition) is 4. The third-order valence-electron chi connectivity index (χ3n) is 4.86. The molecule has 24 heavy (non-hydrogen) atoms. The summed E-state index contributed by atoms with van der Waals surface area (Å²) in [6.07, 6.45) is 0.716. The first kappa shape index (κ1) is 15.3. The number of aryl methyl sites for hydroxylation is 2. The molecule has 6 heteroatoms. The Hall–Kier alpha value is -2.21. The number of H-pyrrole nitrogens is 1. The lowest BCUT2D eigenvalue weighted by molar-refractivity contribution is -0.140. The van der Waals surface area contributed by atoms with Gasteiger partial charge in [-0.05, 0) is 31.7 Å². The van der Waals surface area contributed by atoms with Crippen molar-refractivity contribution in [2.75, 3.05) is 19.7 Å². The Balaban J connectivity index is 1.42. The van der Waals surface area contributed by atoms with Gasteiger partial charge in [-0.15, -0.1) is 0 Å². The fourth-order valence-corrected chi connectivity index (χ4v) is 3.48. The van der Waals surface area contributed by atoms with E-state index in [4.69, 9.17) is 4.74 Å². The number of benzene rings is 1. The largest absolute Gasteiger partial charge is 0.366 e. The van der Waals surface area contributed by atoms with Crippen LogP contribution in [0.25, 0.3) is 0 Å². The van der Waals surface area contributed by atoms with Crippen LogP contribution in [0, 0.1) is 19.8 Å². The highest BCUT2D eigenvalue weighted by molar-refractivity contribution is 5.83. The molecule has 1 amide bonds. The summed E-state index contributed by atoms with van der Waals surface area (Å²) in [5.41, 5.74) is 2.53. The number of nitrogens with zero attached hydrogens (tertiary/aromatic N) is 3. The Morgan fingerprint density at radius 3 is 3.00 bits per heavy atom. The predicted molar refractivity (Wildman–Crippen MR) is 88.4 cm³/mol. The second kappa shape index (κ2) is 6.02. The first-order chi connectivity index (χ1) is 11.6. The Morgan fingerprint density at radius 1 is 1.38 bits per heavy atom. The van der Waals surface area contributed by atoms with Gasteiger partial charge in [0.1, 0.15) is 11.9 Å². The summed E-state index contributed by atoms with van der Waals surface area (Å²) in [5, 5.41) is 7.00. The minimum absolute atomic E-state index is 0.111. The molecule has 0 unspecified atom stereocenters. The molecule has 1 saturated heterocycles. The lowest BCUT2D eigenvalue weighted by atomic mass is 10.1. The van der Waals surface area contributed by atoms with Crippen molar-refractivity contribution in [3.63, 3.8) is 0 Å². The number of hydrogen-bond donors (Lipinski definition) is 1. The average molecular weight is 326 g/mol. The van der Waals surface area contributed by atoms with Crippen LogP contribution < -0.4 is 0 Å². The van der Waals surface area contributed by atoms with E-state index >= 15 is 0 Å². The molecule has 4 rings (SSSR count). The van der Waals surface area contributed by atoms with Gasteiger partial charge < -0.3 is 9.64 Å². The van der Waals surface area contributed by atoms with E-state index in [1.54, 1.807) is 0 Å². The van der Waals surface area contributed by atoms with Crippen molar-refractivity contribution in [3.8, 4) is 0 Å². The highest BCUT2D eigenvalue weighted by Gasteiger charge is 2.46. The highest BCUT2D eigenvalue weighted by atomic mass is 16.5. The quantitative estimate of drug-likeness (QED) is 0.938. The zero-order chi connectivity index (χ0) is 16.7. The first-order valence-electron chi connectivity index (χ1n) is 8.47. The molecule has 1 aromatic carbocycles. The molecule has 2 aromatic rings. The minimum Gasteiger partial charge on any atom is -0.366 e. The smallest absolute Gasteiger partial charge is 0.226 e. The average Bonchev–Trinajstić information content (AvgIpc) is 3.28. The molecule has 3 atom stereocenters. The molecule has 1 saturated carbocycles. The molecule has 0 spiro atoms. The van der Waals surface area contributed by atoms with E-state index in [1.165, 1.54) is 11.1 Å². The van der Waals surface area contributed by atoms with Crippen LogP contribution in [0.3, 0.4) is 0 Å². The van der Waals surface area contributed by atoms with Crippen molar-refractivity contribution < 1.29 is 9.53 Å². The topological polar surface area (TPSA) is 71.1 Å². The summed E-state index contributed by atoms with van der Waals surface area (Å²) in [7, 11) is 0. The van der Waals surface area contributed by atoms with E-state index in [9.17, 15) is 4.79 Å². The molecular formula is C18H22N4O2. The number of amides is 1. The summed E-state index contributed by atoms with van der Waals surface area (Å²) in [5.74, 6) is 2.11. The van der Waals surface area contributed by atoms with Gasteiger partial charge in [-0.25, -0.2) is 4.98 Å². The molecule has 2 aliphatic rings. The van der Waals surface area contributed by atoms with Gasteiger partial charge in [0.2, 0.25) is 5.91 Å². The van der Waals surface area contributed by atoms with Crippen LogP contribution in [0.4, 0.5) is 0 Å². The molecule has 0 bridgehead atoms. The number of nitrogens with one attached hydrogen (secondary N) is 1. The molecule has 0 radical (unpaired) electrons. The van der Waals surface area contributed by atoms with Crippen molar-refractivity contribution in [3.05, 3.63) is 47.0 Å². The van der Waals surface area contributed by atoms with Gasteiger partial charge in [-0.3, -0.25) is 9.89 Å². The second-order valence-corrected chi connectivity index (χ2v) is 6.79. The maximum absolute atomic E-state index is 12.8. The maximum Gasteiger partial charge on any atom is 0.226 e. The Kier molecular flexibility index (Phi) is 3.84. The van der Waals surface area contributed by atoms with E-state index < -0.39 is 0 Å². The minimum atomic E-state index is -0.233. The van der Waals surface area contributed by atoms with Gasteiger partial charge >= 0.3 is 0 Å². The SMILES string of the molecule is Cc1cccc([C@@H]2C[C@H]2C(=O)N2CCO[C@@H](c3n[nH]c(C)n3)C2)c1. The lowest BCUT2D eigenvalue weighted by Crippen LogP contribution is -2.43. The third kappa shape index (κ3) is 2.94. The van der Waals surface area contributed by atoms with Crippen LogP contribution in [0.1, 0.15) is 41.2 Å². The molecule has 1 aromatic heterocycles. The Morgan fingerprint density at radius 2 is 2.25 bits per heavy atom. The van der Waals surface area contributed by atoms with Gasteiger partial charge in [-0.1, -0.05) is 29.8 Å². The van der Waals surface area contributed by atoms with Gasteiger partial charge in [0.15, 0.2) is 5.82 Å². The molecule has 2 fully saturated rings. The van der Waals surface area contributed by atoms with Crippen molar-refractivity contribution >= 4 is 5.91 Å². The van der Waals surface area contributed by atoms with Gasteiger partial charge in [-0.2, -0.15) is 5.10 Å². The molecule has 126 valence electrons. The Labute approximate surface area is 141 Å². The van der Waals surface area contributed by atoms with Gasteiger partial charge in [0.25, 0.3) is 0 Å². The number of carbonyl (C=O) groups excluding carboxylic acids is 1. The summed E-state index contributed by atoms with van der Waals surface area (Å²) in [6.45, 7) is 5.67. The molecule has 1 aliphatic carbocycles. The van der Waals surface area contributed by atoms with E-state index in [0.717, 1.165) is 12.2 Å². The van der Waals surface area contributed by atoms with E-state index in [1.807, 2.05) is 11.8 Å². The van der Waals surface area contributed by atoms with Crippen molar-refractivity contribution in [2.24, 2.45) is 5.92 Å². The molecule has 2 heterocycles. The third-order valence-corrected chi connectivity index (χ3v) is 4.86. The summed E-state index contributed by atoms with van der Waals surface area (Å²) in [4.78, 5) is 19.1. The first-order valence-corrected chi connectivity index (χ1v) is 8.47. The fraction of sp³-hybridized carbons (Fsp3) is 0.500. The number of ether oxygens (including phenoxy) is 1. The zero-order valence-corrected chi connectivity index (χ0v) is 14.0. The van der Waals surface area contributed by atoms with Crippen molar-refractivity contribution in [1.82, 2.24) is 20.1 Å². The van der Waals surface area contributed by atoms with Gasteiger partial charge in [0, 0.05) is 12.5 Å². The molecule has 1 N–H and O–H groups in total. The van der Waals surface area contributed by atoms with E-state index in [-0.39, 0.29) is 17.9 Å². The van der Waals surface area contributed by atoms with Crippen LogP contribution in [-0.4, -0.2) is 45.7 Å². The fourth-order valence-electron chi connectivity index (χ4n) is 3.48. The second-order valence-electron chi connectivity index (χ2n) is 6.79. The van der Waals surface area contributed by atoms with Crippen LogP contribution in [-0.2, 0) is 9.53 Å². The predicted octanol–water partition coefficient (Wildman–Crippen LogP) is 2.13. The summed E-state index contributed by atoms with van der Waals surface area (Å²) in [6, 6.07) is 8.48. The van der Waals surface area contributed by atoms with E-state index in [2.05, 4.69) is 46.4 Å². The van der Waals surface area contributed by atoms with E-state index in [0.29, 0.717) is 31.4 Å². The zero-order valence-electron chi connectivity index (χ0n) is 14.0. The number of carbonyl (C=O) groups is 1. The lowest BCUT2D eigenvalue weighted by Gasteiger charge is -2.32. The molecule has 1 aliphatic heterocycles. The maximum atomic E-state index is 12.8. The van der Waals surface area contributed by atoms with Crippen LogP contribution >= 0.6 is 0 Å². The van der Waals surface area contributed by atoms with Crippen molar-refractivity contribution in [2.45, 2.75) is 32.3 Å². The standard InChI is InChI=1S/C18H22N4O2/c1-11-4-3-5-13(8-11)14-9-15(14)18(23)22-6-7-24-16(10-22)17-19-12(2)20-21-17/h3-5,8,14-16H,6-7,9-10H2,1-2H3,(H,19,20,21)/t14-,15+,16+/m0/s1. The molecule has 6 nitrogen and oxygen atoms in total. The normalized spacial score (nSPS) is 26.4. The monoisotopic (exact) mass is 326 g/mol. The van der Waals surface area contributed by atoms with Crippen LogP contribution in [0.2, 0.25) is 0 Å². The highest BCUT2D eigenvalue weighted by Crippen LogP contribution is 2.48. The van der Waals surface area contributed by atoms with Gasteiger partial charge in [0.05, 0.1) is 13.2 Å². The number of aromatic amines is 1. The Bertz CT molecular complexity index is 757.